The van der Waals surface area contributed by atoms with Crippen molar-refractivity contribution < 1.29 is 26.2 Å². The molecule has 0 saturated heterocycles. The number of halogens is 2. The molecule has 0 fully saturated rings. The third kappa shape index (κ3) is 12.9. The monoisotopic (exact) mass is 362 g/mol. The van der Waals surface area contributed by atoms with Crippen LogP contribution in [0.25, 0.3) is 0 Å². The molecule has 0 heterocycles. The quantitative estimate of drug-likeness (QED) is 0.463. The van der Waals surface area contributed by atoms with E-state index < -0.39 is 0 Å². The van der Waals surface area contributed by atoms with Gasteiger partial charge in [0.25, 0.3) is 0 Å². The number of hydrogen-bond donors (Lipinski definition) is 0. The van der Waals surface area contributed by atoms with Crippen molar-refractivity contribution >= 4 is 24.8 Å². The van der Waals surface area contributed by atoms with Crippen LogP contribution in [0, 0.1) is 12.2 Å². The SMILES string of the molecule is CCCCCC1=[C-]CC=C1.Cl.Cl.[C-]1=CC=CC1.[Zr+2]. The summed E-state index contributed by atoms with van der Waals surface area (Å²) in [4.78, 5) is 0. The molecule has 0 aromatic heterocycles. The first-order valence-corrected chi connectivity index (χ1v) is 5.91. The van der Waals surface area contributed by atoms with Gasteiger partial charge < -0.3 is 0 Å². The van der Waals surface area contributed by atoms with Crippen LogP contribution in [0.4, 0.5) is 0 Å². The van der Waals surface area contributed by atoms with Gasteiger partial charge in [0.05, 0.1) is 0 Å². The molecule has 0 aliphatic heterocycles. The van der Waals surface area contributed by atoms with E-state index in [9.17, 15) is 0 Å². The second-order valence-corrected chi connectivity index (χ2v) is 3.77. The average Bonchev–Trinajstić information content (AvgIpc) is 2.94. The molecule has 0 radical (unpaired) electrons. The molecule has 100 valence electrons. The van der Waals surface area contributed by atoms with E-state index in [4.69, 9.17) is 0 Å². The Hall–Kier alpha value is 0.423. The summed E-state index contributed by atoms with van der Waals surface area (Å²) >= 11 is 0. The molecule has 2 rings (SSSR count). The first kappa shape index (κ1) is 23.5. The fraction of sp³-hybridized carbons (Fsp3) is 0.467. The van der Waals surface area contributed by atoms with Crippen LogP contribution in [0.2, 0.25) is 0 Å². The summed E-state index contributed by atoms with van der Waals surface area (Å²) in [6.07, 6.45) is 24.0. The smallest absolute Gasteiger partial charge is 0.273 e. The zero-order chi connectivity index (χ0) is 10.8. The minimum atomic E-state index is 0. The minimum absolute atomic E-state index is 0. The maximum Gasteiger partial charge on any atom is 2.00 e. The number of rotatable bonds is 4. The van der Waals surface area contributed by atoms with Gasteiger partial charge in [-0.2, -0.15) is 12.2 Å². The van der Waals surface area contributed by atoms with Gasteiger partial charge in [0.2, 0.25) is 0 Å². The standard InChI is InChI=1S/C10H15.C5H5.2ClH.Zr/c1-2-3-4-7-10-8-5-6-9-10;1-2-4-5-3-1;;;/h5,8H,2-4,6-7H2,1H3;1-3H,4H2;2*1H;/q2*-1;;;+2. The molecule has 0 aromatic carbocycles. The topological polar surface area (TPSA) is 0 Å². The minimum Gasteiger partial charge on any atom is -0.273 e. The fourth-order valence-electron chi connectivity index (χ4n) is 1.53. The van der Waals surface area contributed by atoms with Crippen LogP contribution in [0.5, 0.6) is 0 Å². The Kier molecular flexibility index (Phi) is 22.8. The number of unbranched alkanes of at least 4 members (excludes halogenated alkanes) is 2. The third-order valence-corrected chi connectivity index (χ3v) is 2.40. The molecule has 0 aromatic rings. The van der Waals surface area contributed by atoms with Crippen molar-refractivity contribution in [2.24, 2.45) is 0 Å². The van der Waals surface area contributed by atoms with E-state index in [0.717, 1.165) is 12.8 Å². The normalized spacial score (nSPS) is 13.7. The summed E-state index contributed by atoms with van der Waals surface area (Å²) in [6, 6.07) is 0. The van der Waals surface area contributed by atoms with Crippen molar-refractivity contribution in [2.45, 2.75) is 45.4 Å². The van der Waals surface area contributed by atoms with Crippen LogP contribution in [0.1, 0.15) is 45.4 Å². The van der Waals surface area contributed by atoms with Gasteiger partial charge in [-0.15, -0.1) is 37.7 Å². The zero-order valence-corrected chi connectivity index (χ0v) is 15.0. The van der Waals surface area contributed by atoms with Crippen molar-refractivity contribution in [1.29, 1.82) is 0 Å². The molecule has 0 spiro atoms. The molecule has 0 atom stereocenters. The van der Waals surface area contributed by atoms with Crippen LogP contribution >= 0.6 is 24.8 Å². The van der Waals surface area contributed by atoms with Crippen LogP contribution in [0.15, 0.2) is 36.0 Å². The molecule has 0 amide bonds. The van der Waals surface area contributed by atoms with E-state index in [-0.39, 0.29) is 51.0 Å². The van der Waals surface area contributed by atoms with E-state index in [1.807, 2.05) is 12.2 Å². The molecule has 0 saturated carbocycles. The van der Waals surface area contributed by atoms with E-state index in [2.05, 4.69) is 37.3 Å². The summed E-state index contributed by atoms with van der Waals surface area (Å²) in [5.41, 5.74) is 1.42. The van der Waals surface area contributed by atoms with Crippen LogP contribution < -0.4 is 0 Å². The summed E-state index contributed by atoms with van der Waals surface area (Å²) < 4.78 is 0. The van der Waals surface area contributed by atoms with Crippen molar-refractivity contribution in [3.05, 3.63) is 48.1 Å². The molecule has 3 heteroatoms. The Morgan fingerprint density at radius 3 is 2.28 bits per heavy atom. The maximum atomic E-state index is 3.32. The summed E-state index contributed by atoms with van der Waals surface area (Å²) in [5.74, 6) is 0. The first-order chi connectivity index (χ1) is 7.43. The van der Waals surface area contributed by atoms with Crippen molar-refractivity contribution in [3.63, 3.8) is 0 Å². The van der Waals surface area contributed by atoms with Crippen molar-refractivity contribution in [1.82, 2.24) is 0 Å². The Morgan fingerprint density at radius 2 is 1.89 bits per heavy atom. The molecule has 0 bridgehead atoms. The molecular weight excluding hydrogens is 342 g/mol. The molecule has 18 heavy (non-hydrogen) atoms. The molecule has 2 aliphatic rings. The van der Waals surface area contributed by atoms with Crippen LogP contribution in [-0.4, -0.2) is 0 Å². The van der Waals surface area contributed by atoms with Crippen LogP contribution in [-0.2, 0) is 26.2 Å². The molecule has 0 nitrogen and oxygen atoms in total. The Morgan fingerprint density at radius 1 is 1.11 bits per heavy atom. The summed E-state index contributed by atoms with van der Waals surface area (Å²) in [5, 5.41) is 0. The largest absolute Gasteiger partial charge is 2.00 e. The van der Waals surface area contributed by atoms with Gasteiger partial charge >= 0.3 is 26.2 Å². The molecular formula is C15H22Cl2Zr. The average molecular weight is 364 g/mol. The third-order valence-electron chi connectivity index (χ3n) is 2.40. The van der Waals surface area contributed by atoms with Crippen molar-refractivity contribution in [2.75, 3.05) is 0 Å². The number of allylic oxidation sites excluding steroid dienone is 8. The summed E-state index contributed by atoms with van der Waals surface area (Å²) in [7, 11) is 0. The predicted molar refractivity (Wildman–Crippen MR) is 80.7 cm³/mol. The van der Waals surface area contributed by atoms with Gasteiger partial charge in [-0.25, -0.2) is 23.8 Å². The maximum absolute atomic E-state index is 3.32. The van der Waals surface area contributed by atoms with E-state index in [1.54, 1.807) is 0 Å². The van der Waals surface area contributed by atoms with Gasteiger partial charge in [-0.3, -0.25) is 12.2 Å². The predicted octanol–water partition coefficient (Wildman–Crippen LogP) is 5.40. The second kappa shape index (κ2) is 17.4. The first-order valence-electron chi connectivity index (χ1n) is 5.91. The van der Waals surface area contributed by atoms with Gasteiger partial charge in [0, 0.05) is 0 Å². The molecule has 0 N–H and O–H groups in total. The van der Waals surface area contributed by atoms with Crippen LogP contribution in [0.3, 0.4) is 0 Å². The van der Waals surface area contributed by atoms with Gasteiger partial charge in [0.1, 0.15) is 0 Å². The Balaban J connectivity index is -0.000000245. The Labute approximate surface area is 144 Å². The van der Waals surface area contributed by atoms with Crippen molar-refractivity contribution in [3.8, 4) is 0 Å². The van der Waals surface area contributed by atoms with Gasteiger partial charge in [-0.1, -0.05) is 32.6 Å². The molecule has 2 aliphatic carbocycles. The molecule has 0 unspecified atom stereocenters. The summed E-state index contributed by atoms with van der Waals surface area (Å²) in [6.45, 7) is 2.24. The zero-order valence-electron chi connectivity index (χ0n) is 10.9. The fourth-order valence-corrected chi connectivity index (χ4v) is 1.53. The van der Waals surface area contributed by atoms with E-state index >= 15 is 0 Å². The van der Waals surface area contributed by atoms with E-state index in [0.29, 0.717) is 0 Å². The Bertz CT molecular complexity index is 268. The number of hydrogen-bond acceptors (Lipinski definition) is 0. The van der Waals surface area contributed by atoms with Gasteiger partial charge in [0.15, 0.2) is 0 Å². The van der Waals surface area contributed by atoms with E-state index in [1.165, 1.54) is 31.3 Å². The second-order valence-electron chi connectivity index (χ2n) is 3.77. The van der Waals surface area contributed by atoms with Gasteiger partial charge in [-0.05, 0) is 0 Å².